The number of pyridine rings is 1. The second kappa shape index (κ2) is 10.0. The number of aromatic nitrogens is 3. The number of piperidine rings is 1. The van der Waals surface area contributed by atoms with Crippen LogP contribution in [0, 0.1) is 17.8 Å². The molecule has 0 saturated carbocycles. The largest absolute Gasteiger partial charge is 0.456 e. The molecule has 0 unspecified atom stereocenters. The van der Waals surface area contributed by atoms with Crippen LogP contribution in [0.1, 0.15) is 25.3 Å². The minimum atomic E-state index is -0.626. The second-order valence-electron chi connectivity index (χ2n) is 9.61. The SMILES string of the molecule is CCN1CCC(C#Cc2ccc(-c3nc4nc(O[C@@H]5CO[C@H]6[C@@H]5OC[C@H]6O)[nH]c4cc3Cl)cc2)CC1. The Morgan fingerprint density at radius 3 is 2.69 bits per heavy atom. The van der Waals surface area contributed by atoms with Gasteiger partial charge in [-0.15, -0.1) is 0 Å². The van der Waals surface area contributed by atoms with Crippen molar-refractivity contribution in [2.24, 2.45) is 5.92 Å². The molecule has 1 aromatic carbocycles. The summed E-state index contributed by atoms with van der Waals surface area (Å²) < 4.78 is 17.2. The summed E-state index contributed by atoms with van der Waals surface area (Å²) in [7, 11) is 0. The molecule has 5 heterocycles. The van der Waals surface area contributed by atoms with Crippen LogP contribution in [0.25, 0.3) is 22.4 Å². The van der Waals surface area contributed by atoms with Crippen molar-refractivity contribution < 1.29 is 19.3 Å². The van der Waals surface area contributed by atoms with Gasteiger partial charge in [-0.05, 0) is 50.7 Å². The van der Waals surface area contributed by atoms with Crippen molar-refractivity contribution in [3.8, 4) is 29.1 Å². The van der Waals surface area contributed by atoms with Crippen LogP contribution in [0.3, 0.4) is 0 Å². The summed E-state index contributed by atoms with van der Waals surface area (Å²) in [6, 6.07) is 10.1. The predicted molar refractivity (Wildman–Crippen MR) is 136 cm³/mol. The minimum Gasteiger partial charge on any atom is -0.456 e. The van der Waals surface area contributed by atoms with Crippen molar-refractivity contribution in [3.63, 3.8) is 0 Å². The number of H-pyrrole nitrogens is 1. The lowest BCUT2D eigenvalue weighted by Crippen LogP contribution is -2.34. The molecule has 3 aliphatic rings. The maximum absolute atomic E-state index is 9.93. The molecular weight excluding hydrogens is 480 g/mol. The molecule has 0 bridgehead atoms. The van der Waals surface area contributed by atoms with E-state index in [0.717, 1.165) is 43.6 Å². The van der Waals surface area contributed by atoms with Gasteiger partial charge in [0.2, 0.25) is 0 Å². The topological polar surface area (TPSA) is 92.7 Å². The molecule has 3 saturated heterocycles. The van der Waals surface area contributed by atoms with Gasteiger partial charge in [-0.2, -0.15) is 4.98 Å². The number of aliphatic hydroxyl groups is 1. The molecule has 2 N–H and O–H groups in total. The molecule has 36 heavy (non-hydrogen) atoms. The summed E-state index contributed by atoms with van der Waals surface area (Å²) in [5.41, 5.74) is 3.73. The van der Waals surface area contributed by atoms with Gasteiger partial charge in [-0.1, -0.05) is 42.5 Å². The van der Waals surface area contributed by atoms with Gasteiger partial charge < -0.3 is 29.2 Å². The van der Waals surface area contributed by atoms with Crippen LogP contribution in [0.5, 0.6) is 6.01 Å². The molecule has 2 aromatic heterocycles. The molecular formula is C27H29ClN4O4. The van der Waals surface area contributed by atoms with E-state index in [4.69, 9.17) is 25.8 Å². The average Bonchev–Trinajstić information content (AvgIpc) is 3.59. The molecule has 3 aromatic rings. The molecule has 0 spiro atoms. The summed E-state index contributed by atoms with van der Waals surface area (Å²) in [6.45, 7) is 6.17. The van der Waals surface area contributed by atoms with Gasteiger partial charge in [0.25, 0.3) is 6.01 Å². The fraction of sp³-hybridized carbons (Fsp3) is 0.481. The standard InChI is InChI=1S/C27H29ClN4O4/c1-2-32-11-9-17(10-12-32)4-3-16-5-7-18(8-6-16)23-19(28)13-20-26(30-23)31-27(29-20)36-22-15-35-24-21(33)14-34-25(22)24/h5-8,13,17,21-22,24-25,33H,2,9-12,14-15H2,1H3,(H,29,30,31)/t21-,22-,24-,25-/m1/s1. The first kappa shape index (κ1) is 23.7. The molecule has 4 atom stereocenters. The summed E-state index contributed by atoms with van der Waals surface area (Å²) in [5.74, 6) is 7.25. The Morgan fingerprint density at radius 2 is 1.92 bits per heavy atom. The molecule has 3 fully saturated rings. The maximum Gasteiger partial charge on any atom is 0.296 e. The Balaban J connectivity index is 1.16. The number of fused-ring (bicyclic) bond motifs is 2. The molecule has 3 aliphatic heterocycles. The number of halogens is 1. The Kier molecular flexibility index (Phi) is 6.59. The quantitative estimate of drug-likeness (QED) is 0.522. The van der Waals surface area contributed by atoms with E-state index in [9.17, 15) is 5.11 Å². The number of nitrogens with one attached hydrogen (secondary N) is 1. The molecule has 9 heteroatoms. The fourth-order valence-corrected chi connectivity index (χ4v) is 5.39. The van der Waals surface area contributed by atoms with Crippen molar-refractivity contribution in [1.82, 2.24) is 19.9 Å². The van der Waals surface area contributed by atoms with Crippen LogP contribution in [-0.2, 0) is 9.47 Å². The normalized spacial score (nSPS) is 26.6. The lowest BCUT2D eigenvalue weighted by atomic mass is 9.97. The van der Waals surface area contributed by atoms with E-state index in [-0.39, 0.29) is 24.9 Å². The first-order valence-corrected chi connectivity index (χ1v) is 12.9. The molecule has 6 rings (SSSR count). The van der Waals surface area contributed by atoms with E-state index >= 15 is 0 Å². The molecule has 188 valence electrons. The molecule has 8 nitrogen and oxygen atoms in total. The zero-order chi connectivity index (χ0) is 24.6. The highest BCUT2D eigenvalue weighted by atomic mass is 35.5. The zero-order valence-corrected chi connectivity index (χ0v) is 20.9. The van der Waals surface area contributed by atoms with Crippen LogP contribution in [0.2, 0.25) is 5.02 Å². The van der Waals surface area contributed by atoms with Crippen molar-refractivity contribution in [1.29, 1.82) is 0 Å². The van der Waals surface area contributed by atoms with Crippen molar-refractivity contribution in [2.75, 3.05) is 32.8 Å². The van der Waals surface area contributed by atoms with E-state index in [1.165, 1.54) is 0 Å². The number of rotatable bonds is 4. The Labute approximate surface area is 214 Å². The van der Waals surface area contributed by atoms with Crippen molar-refractivity contribution in [3.05, 3.63) is 40.9 Å². The van der Waals surface area contributed by atoms with Crippen molar-refractivity contribution >= 4 is 22.8 Å². The van der Waals surface area contributed by atoms with Gasteiger partial charge in [0.1, 0.15) is 18.3 Å². The highest BCUT2D eigenvalue weighted by Gasteiger charge is 2.48. The first-order valence-electron chi connectivity index (χ1n) is 12.6. The monoisotopic (exact) mass is 508 g/mol. The summed E-state index contributed by atoms with van der Waals surface area (Å²) in [4.78, 5) is 14.8. The summed E-state index contributed by atoms with van der Waals surface area (Å²) >= 11 is 6.58. The van der Waals surface area contributed by atoms with E-state index in [1.54, 1.807) is 6.07 Å². The van der Waals surface area contributed by atoms with Gasteiger partial charge in [-0.25, -0.2) is 4.98 Å². The Bertz CT molecular complexity index is 1290. The van der Waals surface area contributed by atoms with E-state index in [1.807, 2.05) is 24.3 Å². The number of hydrogen-bond donors (Lipinski definition) is 2. The average molecular weight is 509 g/mol. The summed E-state index contributed by atoms with van der Waals surface area (Å²) in [5, 5.41) is 10.4. The van der Waals surface area contributed by atoms with Crippen LogP contribution in [0.15, 0.2) is 30.3 Å². The third-order valence-corrected chi connectivity index (χ3v) is 7.55. The second-order valence-corrected chi connectivity index (χ2v) is 10.0. The number of ether oxygens (including phenoxy) is 3. The molecule has 0 amide bonds. The van der Waals surface area contributed by atoms with Gasteiger partial charge in [0.05, 0.1) is 29.4 Å². The number of aromatic amines is 1. The highest BCUT2D eigenvalue weighted by Crippen LogP contribution is 2.32. The van der Waals surface area contributed by atoms with Crippen LogP contribution in [0.4, 0.5) is 0 Å². The number of hydrogen-bond acceptors (Lipinski definition) is 7. The smallest absolute Gasteiger partial charge is 0.296 e. The lowest BCUT2D eigenvalue weighted by Gasteiger charge is -2.28. The lowest BCUT2D eigenvalue weighted by molar-refractivity contribution is 0.00706. The number of benzene rings is 1. The molecule has 0 aliphatic carbocycles. The summed E-state index contributed by atoms with van der Waals surface area (Å²) in [6.07, 6.45) is 0.621. The van der Waals surface area contributed by atoms with Crippen LogP contribution in [-0.4, -0.2) is 82.2 Å². The van der Waals surface area contributed by atoms with Gasteiger partial charge in [0, 0.05) is 17.0 Å². The number of imidazole rings is 1. The van der Waals surface area contributed by atoms with Crippen molar-refractivity contribution in [2.45, 2.75) is 44.2 Å². The highest BCUT2D eigenvalue weighted by molar-refractivity contribution is 6.33. The Hall–Kier alpha value is -2.67. The number of nitrogens with zero attached hydrogens (tertiary/aromatic N) is 3. The van der Waals surface area contributed by atoms with Gasteiger partial charge in [-0.3, -0.25) is 0 Å². The molecule has 0 radical (unpaired) electrons. The maximum atomic E-state index is 9.93. The van der Waals surface area contributed by atoms with E-state index in [2.05, 4.69) is 38.6 Å². The zero-order valence-electron chi connectivity index (χ0n) is 20.1. The first-order chi connectivity index (χ1) is 17.6. The predicted octanol–water partition coefficient (Wildman–Crippen LogP) is 3.27. The number of aliphatic hydroxyl groups excluding tert-OH is 1. The minimum absolute atomic E-state index is 0.249. The van der Waals surface area contributed by atoms with E-state index in [0.29, 0.717) is 40.4 Å². The van der Waals surface area contributed by atoms with Gasteiger partial charge >= 0.3 is 0 Å². The number of likely N-dealkylation sites (tertiary alicyclic amines) is 1. The van der Waals surface area contributed by atoms with Crippen LogP contribution >= 0.6 is 11.6 Å². The van der Waals surface area contributed by atoms with E-state index < -0.39 is 6.10 Å². The fourth-order valence-electron chi connectivity index (χ4n) is 5.13. The van der Waals surface area contributed by atoms with Crippen LogP contribution < -0.4 is 4.74 Å². The third kappa shape index (κ3) is 4.70. The third-order valence-electron chi connectivity index (χ3n) is 7.26. The Morgan fingerprint density at radius 1 is 1.14 bits per heavy atom. The van der Waals surface area contributed by atoms with Gasteiger partial charge in [0.15, 0.2) is 11.8 Å².